The minimum absolute atomic E-state index is 0.0791. The molecule has 146 valence electrons. The summed E-state index contributed by atoms with van der Waals surface area (Å²) >= 11 is 0. The smallest absolute Gasteiger partial charge is 0.336 e. The normalized spacial score (nSPS) is 12.4. The summed E-state index contributed by atoms with van der Waals surface area (Å²) in [4.78, 5) is 14.3. The van der Waals surface area contributed by atoms with Crippen LogP contribution in [0, 0.1) is 12.7 Å². The summed E-state index contributed by atoms with van der Waals surface area (Å²) in [6.07, 6.45) is 0. The number of halogens is 1. The number of hydrogen-bond acceptors (Lipinski definition) is 3. The Bertz CT molecular complexity index is 1180. The summed E-state index contributed by atoms with van der Waals surface area (Å²) in [6.45, 7) is 2.51. The first-order valence-electron chi connectivity index (χ1n) is 9.55. The Morgan fingerprint density at radius 3 is 2.34 bits per heavy atom. The van der Waals surface area contributed by atoms with Crippen molar-refractivity contribution in [3.05, 3.63) is 117 Å². The van der Waals surface area contributed by atoms with Crippen LogP contribution in [0.25, 0.3) is 11.0 Å². The van der Waals surface area contributed by atoms with Crippen LogP contribution in [0.15, 0.2) is 88.1 Å². The highest BCUT2D eigenvalue weighted by Crippen LogP contribution is 2.30. The molecule has 0 saturated carbocycles. The van der Waals surface area contributed by atoms with Gasteiger partial charge in [-0.05, 0) is 54.4 Å². The molecule has 4 heteroatoms. The molecule has 0 aliphatic rings. The predicted octanol–water partition coefficient (Wildman–Crippen LogP) is 5.46. The van der Waals surface area contributed by atoms with Crippen LogP contribution < -0.4 is 5.63 Å². The summed E-state index contributed by atoms with van der Waals surface area (Å²) in [6, 6.07) is 24.0. The molecule has 0 fully saturated rings. The second kappa shape index (κ2) is 8.02. The Balaban J connectivity index is 1.76. The van der Waals surface area contributed by atoms with E-state index in [4.69, 9.17) is 4.42 Å². The standard InChI is InChI=1S/C25H22FNO2/c1-17-8-13-22-20(15-24(28)29-23(22)14-17)16-27(2)25(18-6-4-3-5-7-18)19-9-11-21(26)12-10-19/h3-15,25H,16H2,1-2H3. The second-order valence-corrected chi connectivity index (χ2v) is 7.37. The molecule has 0 amide bonds. The van der Waals surface area contributed by atoms with Crippen molar-refractivity contribution >= 4 is 11.0 Å². The minimum Gasteiger partial charge on any atom is -0.423 e. The third-order valence-corrected chi connectivity index (χ3v) is 5.15. The Morgan fingerprint density at radius 1 is 0.931 bits per heavy atom. The van der Waals surface area contributed by atoms with Gasteiger partial charge in [0.15, 0.2) is 0 Å². The van der Waals surface area contributed by atoms with Crippen molar-refractivity contribution in [2.75, 3.05) is 7.05 Å². The third kappa shape index (κ3) is 4.13. The lowest BCUT2D eigenvalue weighted by atomic mass is 9.96. The van der Waals surface area contributed by atoms with Gasteiger partial charge in [0.1, 0.15) is 11.4 Å². The number of aryl methyl sites for hydroxylation is 1. The van der Waals surface area contributed by atoms with Gasteiger partial charge < -0.3 is 4.42 Å². The summed E-state index contributed by atoms with van der Waals surface area (Å²) in [5.74, 6) is -0.259. The van der Waals surface area contributed by atoms with Gasteiger partial charge in [0.05, 0.1) is 6.04 Å². The summed E-state index contributed by atoms with van der Waals surface area (Å²) in [5.41, 5.74) is 4.28. The Hall–Kier alpha value is -3.24. The van der Waals surface area contributed by atoms with E-state index < -0.39 is 0 Å². The Labute approximate surface area is 169 Å². The van der Waals surface area contributed by atoms with E-state index in [2.05, 4.69) is 17.0 Å². The van der Waals surface area contributed by atoms with E-state index in [1.54, 1.807) is 6.07 Å². The summed E-state index contributed by atoms with van der Waals surface area (Å²) in [7, 11) is 2.01. The first-order valence-corrected chi connectivity index (χ1v) is 9.55. The van der Waals surface area contributed by atoms with E-state index in [9.17, 15) is 9.18 Å². The van der Waals surface area contributed by atoms with E-state index in [-0.39, 0.29) is 17.5 Å². The third-order valence-electron chi connectivity index (χ3n) is 5.15. The lowest BCUT2D eigenvalue weighted by molar-refractivity contribution is 0.271. The quantitative estimate of drug-likeness (QED) is 0.426. The average Bonchev–Trinajstić information content (AvgIpc) is 2.70. The van der Waals surface area contributed by atoms with Crippen LogP contribution in [0.3, 0.4) is 0 Å². The molecule has 1 unspecified atom stereocenters. The van der Waals surface area contributed by atoms with Crippen molar-refractivity contribution in [2.45, 2.75) is 19.5 Å². The largest absolute Gasteiger partial charge is 0.423 e. The van der Waals surface area contributed by atoms with E-state index in [1.807, 2.05) is 62.5 Å². The number of rotatable bonds is 5. The molecule has 0 aliphatic carbocycles. The maximum atomic E-state index is 13.5. The summed E-state index contributed by atoms with van der Waals surface area (Å²) < 4.78 is 18.9. The molecular weight excluding hydrogens is 365 g/mol. The molecule has 1 heterocycles. The van der Waals surface area contributed by atoms with Crippen molar-refractivity contribution in [2.24, 2.45) is 0 Å². The van der Waals surface area contributed by atoms with E-state index in [1.165, 1.54) is 12.1 Å². The van der Waals surface area contributed by atoms with Crippen molar-refractivity contribution in [3.8, 4) is 0 Å². The number of benzene rings is 3. The molecule has 1 aromatic heterocycles. The fraction of sp³-hybridized carbons (Fsp3) is 0.160. The van der Waals surface area contributed by atoms with Gasteiger partial charge in [0, 0.05) is 18.0 Å². The first-order chi connectivity index (χ1) is 14.0. The lowest BCUT2D eigenvalue weighted by Crippen LogP contribution is -2.26. The average molecular weight is 387 g/mol. The highest BCUT2D eigenvalue weighted by Gasteiger charge is 2.20. The van der Waals surface area contributed by atoms with Gasteiger partial charge in [0.25, 0.3) is 0 Å². The van der Waals surface area contributed by atoms with Crippen molar-refractivity contribution in [3.63, 3.8) is 0 Å². The van der Waals surface area contributed by atoms with E-state index >= 15 is 0 Å². The van der Waals surface area contributed by atoms with Crippen LogP contribution in [0.5, 0.6) is 0 Å². The maximum Gasteiger partial charge on any atom is 0.336 e. The van der Waals surface area contributed by atoms with Crippen molar-refractivity contribution in [1.29, 1.82) is 0 Å². The highest BCUT2D eigenvalue weighted by atomic mass is 19.1. The highest BCUT2D eigenvalue weighted by molar-refractivity contribution is 5.80. The maximum absolute atomic E-state index is 13.5. The molecule has 1 atom stereocenters. The second-order valence-electron chi connectivity index (χ2n) is 7.37. The minimum atomic E-state index is -0.357. The van der Waals surface area contributed by atoms with Gasteiger partial charge >= 0.3 is 5.63 Å². The van der Waals surface area contributed by atoms with Crippen molar-refractivity contribution in [1.82, 2.24) is 4.90 Å². The molecule has 4 rings (SSSR count). The molecular formula is C25H22FNO2. The fourth-order valence-electron chi connectivity index (χ4n) is 3.81. The number of fused-ring (bicyclic) bond motifs is 1. The van der Waals surface area contributed by atoms with Gasteiger partial charge in [-0.3, -0.25) is 4.90 Å². The first kappa shape index (κ1) is 19.1. The molecule has 4 aromatic rings. The zero-order valence-corrected chi connectivity index (χ0v) is 16.4. The van der Waals surface area contributed by atoms with Gasteiger partial charge in [-0.15, -0.1) is 0 Å². The van der Waals surface area contributed by atoms with Crippen LogP contribution in [-0.4, -0.2) is 11.9 Å². The van der Waals surface area contributed by atoms with Crippen LogP contribution in [0.2, 0.25) is 0 Å². The SMILES string of the molecule is Cc1ccc2c(CN(C)C(c3ccccc3)c3ccc(F)cc3)cc(=O)oc2c1. The van der Waals surface area contributed by atoms with Gasteiger partial charge in [0.2, 0.25) is 0 Å². The number of nitrogens with zero attached hydrogens (tertiary/aromatic N) is 1. The number of hydrogen-bond donors (Lipinski definition) is 0. The predicted molar refractivity (Wildman–Crippen MR) is 113 cm³/mol. The molecule has 0 bridgehead atoms. The van der Waals surface area contributed by atoms with Crippen LogP contribution in [0.4, 0.5) is 4.39 Å². The summed E-state index contributed by atoms with van der Waals surface area (Å²) in [5, 5.41) is 0.924. The zero-order chi connectivity index (χ0) is 20.4. The molecule has 0 aliphatic heterocycles. The zero-order valence-electron chi connectivity index (χ0n) is 16.4. The molecule has 0 N–H and O–H groups in total. The van der Waals surface area contributed by atoms with Gasteiger partial charge in [-0.2, -0.15) is 0 Å². The lowest BCUT2D eigenvalue weighted by Gasteiger charge is -2.29. The van der Waals surface area contributed by atoms with Crippen molar-refractivity contribution < 1.29 is 8.81 Å². The van der Waals surface area contributed by atoms with Crippen LogP contribution >= 0.6 is 0 Å². The fourth-order valence-corrected chi connectivity index (χ4v) is 3.81. The van der Waals surface area contributed by atoms with E-state index in [0.29, 0.717) is 12.1 Å². The topological polar surface area (TPSA) is 33.5 Å². The van der Waals surface area contributed by atoms with Gasteiger partial charge in [-0.25, -0.2) is 9.18 Å². The van der Waals surface area contributed by atoms with E-state index in [0.717, 1.165) is 27.6 Å². The Morgan fingerprint density at radius 2 is 1.62 bits per heavy atom. The van der Waals surface area contributed by atoms with Gasteiger partial charge in [-0.1, -0.05) is 54.6 Å². The molecule has 0 saturated heterocycles. The Kier molecular flexibility index (Phi) is 5.28. The van der Waals surface area contributed by atoms with Crippen LogP contribution in [-0.2, 0) is 6.54 Å². The van der Waals surface area contributed by atoms with Crippen LogP contribution in [0.1, 0.15) is 28.3 Å². The molecule has 0 spiro atoms. The molecule has 29 heavy (non-hydrogen) atoms. The monoisotopic (exact) mass is 387 g/mol. The molecule has 0 radical (unpaired) electrons. The molecule has 3 nitrogen and oxygen atoms in total. The molecule has 3 aromatic carbocycles.